The first-order chi connectivity index (χ1) is 29.9. The molecule has 0 radical (unpaired) electrons. The highest BCUT2D eigenvalue weighted by Gasteiger charge is 2.70. The number of aliphatic carboxylic acids is 1. The summed E-state index contributed by atoms with van der Waals surface area (Å²) in [7, 11) is 0. The Morgan fingerprint density at radius 3 is 1.83 bits per heavy atom. The van der Waals surface area contributed by atoms with Crippen molar-refractivity contribution < 1.29 is 84.3 Å². The Kier molecular flexibility index (Phi) is 13.2. The largest absolute Gasteiger partial charge is 0.481 e. The fourth-order valence-electron chi connectivity index (χ4n) is 14.9. The molecular weight excluding hydrogens is 836 g/mol. The van der Waals surface area contributed by atoms with Crippen molar-refractivity contribution in [2.45, 2.75) is 205 Å². The Balaban J connectivity index is 1.07. The molecule has 0 aromatic carbocycles. The average Bonchev–Trinajstić information content (AvgIpc) is 3.23. The minimum Gasteiger partial charge on any atom is -0.481 e. The second kappa shape index (κ2) is 17.2. The van der Waals surface area contributed by atoms with Crippen LogP contribution in [0.3, 0.4) is 0 Å². The van der Waals surface area contributed by atoms with Crippen LogP contribution < -0.4 is 0 Å². The summed E-state index contributed by atoms with van der Waals surface area (Å²) in [5.74, 6) is -0.132. The van der Waals surface area contributed by atoms with Crippen LogP contribution >= 0.6 is 0 Å². The molecule has 8 rings (SSSR count). The topological polar surface area (TPSA) is 275 Å². The van der Waals surface area contributed by atoms with Gasteiger partial charge in [0.1, 0.15) is 67.1 Å². The average molecular weight is 913 g/mol. The molecule has 0 bridgehead atoms. The van der Waals surface area contributed by atoms with Gasteiger partial charge >= 0.3 is 5.97 Å². The number of allylic oxidation sites excluding steroid dienone is 2. The molecule has 1 unspecified atom stereocenters. The Labute approximate surface area is 376 Å². The van der Waals surface area contributed by atoms with Crippen molar-refractivity contribution in [1.82, 2.24) is 0 Å². The maximum atomic E-state index is 13.2. The summed E-state index contributed by atoms with van der Waals surface area (Å²) in [5, 5.41) is 106. The third-order valence-electron chi connectivity index (χ3n) is 19.0. The lowest BCUT2D eigenvalue weighted by molar-refractivity contribution is -0.389. The van der Waals surface area contributed by atoms with E-state index in [-0.39, 0.29) is 40.1 Å². The molecule has 0 amide bonds. The van der Waals surface area contributed by atoms with E-state index in [9.17, 15) is 55.9 Å². The molecule has 3 aliphatic heterocycles. The lowest BCUT2D eigenvalue weighted by atomic mass is 9.33. The van der Waals surface area contributed by atoms with Gasteiger partial charge in [-0.05, 0) is 109 Å². The molecule has 5 aliphatic carbocycles. The number of ether oxygens (including phenoxy) is 6. The summed E-state index contributed by atoms with van der Waals surface area (Å²) in [5.41, 5.74) is -0.0768. The predicted molar refractivity (Wildman–Crippen MR) is 225 cm³/mol. The van der Waals surface area contributed by atoms with Crippen molar-refractivity contribution >= 4 is 5.97 Å². The van der Waals surface area contributed by atoms with Crippen LogP contribution in [0.2, 0.25) is 0 Å². The number of carboxylic acid groups (broad SMARTS) is 1. The van der Waals surface area contributed by atoms with E-state index in [4.69, 9.17) is 28.4 Å². The number of carboxylic acids is 1. The quantitative estimate of drug-likeness (QED) is 0.116. The first kappa shape index (κ1) is 49.0. The van der Waals surface area contributed by atoms with E-state index in [2.05, 4.69) is 54.5 Å². The first-order valence-corrected chi connectivity index (χ1v) is 23.7. The van der Waals surface area contributed by atoms with Gasteiger partial charge in [0.05, 0.1) is 31.3 Å². The second-order valence-corrected chi connectivity index (χ2v) is 23.0. The van der Waals surface area contributed by atoms with E-state index in [0.29, 0.717) is 25.2 Å². The minimum atomic E-state index is -1.84. The van der Waals surface area contributed by atoms with E-state index in [0.717, 1.165) is 44.9 Å². The van der Waals surface area contributed by atoms with Gasteiger partial charge in [-0.15, -0.1) is 0 Å². The van der Waals surface area contributed by atoms with E-state index in [1.807, 2.05) is 0 Å². The first-order valence-electron chi connectivity index (χ1n) is 23.7. The molecule has 3 saturated heterocycles. The van der Waals surface area contributed by atoms with Gasteiger partial charge in [0.15, 0.2) is 18.9 Å². The summed E-state index contributed by atoms with van der Waals surface area (Å²) < 4.78 is 36.9. The normalized spacial score (nSPS) is 53.5. The molecule has 0 aromatic heterocycles. The monoisotopic (exact) mass is 913 g/mol. The maximum Gasteiger partial charge on any atom is 0.310 e. The second-order valence-electron chi connectivity index (χ2n) is 23.0. The van der Waals surface area contributed by atoms with Crippen molar-refractivity contribution in [1.29, 1.82) is 0 Å². The zero-order valence-electron chi connectivity index (χ0n) is 38.5. The highest BCUT2D eigenvalue weighted by atomic mass is 16.8. The van der Waals surface area contributed by atoms with Crippen LogP contribution in [0, 0.1) is 50.2 Å². The lowest BCUT2D eigenvalue weighted by Crippen LogP contribution is -2.67. The molecule has 64 heavy (non-hydrogen) atoms. The van der Waals surface area contributed by atoms with Crippen molar-refractivity contribution in [3.05, 3.63) is 11.6 Å². The number of fused-ring (bicyclic) bond motifs is 7. The van der Waals surface area contributed by atoms with Gasteiger partial charge in [-0.1, -0.05) is 60.1 Å². The fraction of sp³-hybridized carbons (Fsp3) is 0.936. The molecule has 7 fully saturated rings. The third-order valence-corrected chi connectivity index (χ3v) is 19.0. The summed E-state index contributed by atoms with van der Waals surface area (Å²) in [4.78, 5) is 13.2. The Morgan fingerprint density at radius 1 is 0.672 bits per heavy atom. The lowest BCUT2D eigenvalue weighted by Gasteiger charge is -2.71. The number of aliphatic hydroxyl groups excluding tert-OH is 9. The van der Waals surface area contributed by atoms with Crippen LogP contribution in [0.4, 0.5) is 0 Å². The molecule has 4 saturated carbocycles. The van der Waals surface area contributed by atoms with Crippen LogP contribution in [0.5, 0.6) is 0 Å². The van der Waals surface area contributed by atoms with Crippen molar-refractivity contribution in [2.24, 2.45) is 50.2 Å². The van der Waals surface area contributed by atoms with Crippen molar-refractivity contribution in [3.8, 4) is 0 Å². The van der Waals surface area contributed by atoms with E-state index in [1.54, 1.807) is 0 Å². The van der Waals surface area contributed by atoms with Crippen LogP contribution in [0.1, 0.15) is 113 Å². The molecule has 3 heterocycles. The number of rotatable bonds is 9. The smallest absolute Gasteiger partial charge is 0.310 e. The molecule has 0 spiro atoms. The van der Waals surface area contributed by atoms with Gasteiger partial charge in [0.25, 0.3) is 0 Å². The molecule has 8 aliphatic rings. The van der Waals surface area contributed by atoms with Gasteiger partial charge in [0, 0.05) is 0 Å². The van der Waals surface area contributed by atoms with E-state index in [1.165, 1.54) is 5.57 Å². The number of aliphatic hydroxyl groups is 9. The number of hydrogen-bond donors (Lipinski definition) is 10. The van der Waals surface area contributed by atoms with Gasteiger partial charge in [-0.25, -0.2) is 0 Å². The maximum absolute atomic E-state index is 13.2. The highest BCUT2D eigenvalue weighted by Crippen LogP contribution is 2.76. The minimum absolute atomic E-state index is 0.0112. The fourth-order valence-corrected chi connectivity index (χ4v) is 14.9. The summed E-state index contributed by atoms with van der Waals surface area (Å²) >= 11 is 0. The van der Waals surface area contributed by atoms with Gasteiger partial charge < -0.3 is 79.5 Å². The van der Waals surface area contributed by atoms with Crippen LogP contribution in [0.15, 0.2) is 11.6 Å². The Bertz CT molecular complexity index is 1740. The Hall–Kier alpha value is -1.39. The van der Waals surface area contributed by atoms with E-state index >= 15 is 0 Å². The predicted octanol–water partition coefficient (Wildman–Crippen LogP) is 1.35. The van der Waals surface area contributed by atoms with Crippen molar-refractivity contribution in [3.63, 3.8) is 0 Å². The molecule has 366 valence electrons. The van der Waals surface area contributed by atoms with Gasteiger partial charge in [-0.3, -0.25) is 4.79 Å². The standard InChI is InChI=1S/C47H76O17/c1-42(2)14-16-47(41(57)58)17-15-45(6)22(23(47)18-42)8-9-28-44(5)12-11-29(43(3,4)27(44)10-13-46(28,45)7)62-40-37(64-39-35(56)33(54)31(52)26(20-49)61-39)36(24(50)21-59-40)63-38-34(55)32(53)30(51)25(19-48)60-38/h8,23-40,48-56H,9-21H2,1-7H3,(H,57,58)/t23-,24+,25-,26-,27?,28-,29+,30-,31-,32+,33+,34-,35-,36+,37-,38-,39-,40+,44+,45-,46-,47+/m1/s1. The molecule has 22 atom stereocenters. The van der Waals surface area contributed by atoms with Crippen LogP contribution in [-0.4, -0.2) is 169 Å². The summed E-state index contributed by atoms with van der Waals surface area (Å²) in [6.07, 6.45) is -12.2. The Morgan fingerprint density at radius 2 is 1.25 bits per heavy atom. The number of hydrogen-bond acceptors (Lipinski definition) is 16. The highest BCUT2D eigenvalue weighted by molar-refractivity contribution is 5.76. The van der Waals surface area contributed by atoms with Crippen LogP contribution in [0.25, 0.3) is 0 Å². The summed E-state index contributed by atoms with van der Waals surface area (Å²) in [6, 6.07) is 0. The number of carbonyl (C=O) groups is 1. The van der Waals surface area contributed by atoms with Gasteiger partial charge in [-0.2, -0.15) is 0 Å². The zero-order chi connectivity index (χ0) is 46.7. The molecular formula is C47H76O17. The SMILES string of the molecule is CC1(C)CC[C@]2(C(=O)O)CC[C@]3(C)C(=CC[C@@H]4[C@@]5(C)CC[C@H](O[C@@H]6OC[C@H](O)[C@H](O[C@H]7O[C@H](CO)[C@@H](O)[C@H](O)[C@H]7O)[C@H]6O[C@H]6O[C@H](CO)[C@@H](O)[C@H](O)[C@H]6O)C(C)(C)C5CC[C@]43C)[C@H]2C1. The van der Waals surface area contributed by atoms with Crippen molar-refractivity contribution in [2.75, 3.05) is 19.8 Å². The molecule has 10 N–H and O–H groups in total. The zero-order valence-corrected chi connectivity index (χ0v) is 38.5. The van der Waals surface area contributed by atoms with Crippen LogP contribution in [-0.2, 0) is 33.2 Å². The molecule has 17 nitrogen and oxygen atoms in total. The van der Waals surface area contributed by atoms with E-state index < -0.39 is 122 Å². The third kappa shape index (κ3) is 7.58. The van der Waals surface area contributed by atoms with Gasteiger partial charge in [0.2, 0.25) is 0 Å². The molecule has 0 aromatic rings. The summed E-state index contributed by atoms with van der Waals surface area (Å²) in [6.45, 7) is 14.5. The molecule has 17 heteroatoms.